The standard InChI is InChI=1S/C11H14F2N2O/c1-8(2)15(11(16)10(12)13)7-9-5-3-4-6-14-9/h3-6,8,10H,7H2,1-2H3. The number of amides is 1. The smallest absolute Gasteiger partial charge is 0.315 e. The molecule has 0 aromatic carbocycles. The van der Waals surface area contributed by atoms with Crippen molar-refractivity contribution < 1.29 is 13.6 Å². The van der Waals surface area contributed by atoms with E-state index in [-0.39, 0.29) is 12.6 Å². The molecule has 1 amide bonds. The second kappa shape index (κ2) is 5.53. The summed E-state index contributed by atoms with van der Waals surface area (Å²) in [6, 6.07) is 4.92. The summed E-state index contributed by atoms with van der Waals surface area (Å²) < 4.78 is 24.7. The maximum atomic E-state index is 12.3. The topological polar surface area (TPSA) is 33.2 Å². The Bertz CT molecular complexity index is 341. The van der Waals surface area contributed by atoms with Crippen molar-refractivity contribution in [1.82, 2.24) is 9.88 Å². The zero-order valence-electron chi connectivity index (χ0n) is 9.23. The number of hydrogen-bond acceptors (Lipinski definition) is 2. The zero-order valence-corrected chi connectivity index (χ0v) is 9.23. The fourth-order valence-electron chi connectivity index (χ4n) is 1.31. The molecule has 0 spiro atoms. The molecule has 0 N–H and O–H groups in total. The molecule has 0 aliphatic rings. The maximum absolute atomic E-state index is 12.3. The minimum Gasteiger partial charge on any atom is -0.329 e. The van der Waals surface area contributed by atoms with E-state index in [9.17, 15) is 13.6 Å². The van der Waals surface area contributed by atoms with E-state index in [4.69, 9.17) is 0 Å². The number of halogens is 2. The van der Waals surface area contributed by atoms with Crippen LogP contribution in [0.2, 0.25) is 0 Å². The van der Waals surface area contributed by atoms with Gasteiger partial charge in [0.2, 0.25) is 0 Å². The van der Waals surface area contributed by atoms with Crippen LogP contribution in [0.25, 0.3) is 0 Å². The molecule has 0 saturated carbocycles. The minimum atomic E-state index is -2.97. The van der Waals surface area contributed by atoms with Crippen LogP contribution in [0.15, 0.2) is 24.4 Å². The Morgan fingerprint density at radius 2 is 2.12 bits per heavy atom. The maximum Gasteiger partial charge on any atom is 0.315 e. The third-order valence-electron chi connectivity index (χ3n) is 2.15. The minimum absolute atomic E-state index is 0.113. The number of hydrogen-bond donors (Lipinski definition) is 0. The number of nitrogens with zero attached hydrogens (tertiary/aromatic N) is 2. The van der Waals surface area contributed by atoms with Crippen LogP contribution in [0.1, 0.15) is 19.5 Å². The van der Waals surface area contributed by atoms with Gasteiger partial charge in [0.25, 0.3) is 5.91 Å². The molecule has 1 rings (SSSR count). The van der Waals surface area contributed by atoms with Gasteiger partial charge in [-0.05, 0) is 26.0 Å². The van der Waals surface area contributed by atoms with Crippen molar-refractivity contribution in [3.05, 3.63) is 30.1 Å². The molecule has 1 heterocycles. The monoisotopic (exact) mass is 228 g/mol. The Labute approximate surface area is 93.1 Å². The fourth-order valence-corrected chi connectivity index (χ4v) is 1.31. The Morgan fingerprint density at radius 1 is 1.44 bits per heavy atom. The summed E-state index contributed by atoms with van der Waals surface area (Å²) >= 11 is 0. The lowest BCUT2D eigenvalue weighted by Gasteiger charge is -2.25. The average Bonchev–Trinajstić information content (AvgIpc) is 2.26. The molecule has 0 saturated heterocycles. The number of carbonyl (C=O) groups excluding carboxylic acids is 1. The summed E-state index contributed by atoms with van der Waals surface area (Å²) in [5, 5.41) is 0. The van der Waals surface area contributed by atoms with Crippen LogP contribution in [0, 0.1) is 0 Å². The summed E-state index contributed by atoms with van der Waals surface area (Å²) in [5.74, 6) is -1.15. The molecule has 0 aliphatic carbocycles. The molecular formula is C11H14F2N2O. The van der Waals surface area contributed by atoms with Gasteiger partial charge in [0.15, 0.2) is 0 Å². The highest BCUT2D eigenvalue weighted by Gasteiger charge is 2.25. The summed E-state index contributed by atoms with van der Waals surface area (Å²) in [6.45, 7) is 3.51. The van der Waals surface area contributed by atoms with Crippen molar-refractivity contribution in [3.63, 3.8) is 0 Å². The molecular weight excluding hydrogens is 214 g/mol. The van der Waals surface area contributed by atoms with Gasteiger partial charge >= 0.3 is 6.43 Å². The molecule has 0 bridgehead atoms. The molecule has 0 atom stereocenters. The van der Waals surface area contributed by atoms with Gasteiger partial charge in [0.05, 0.1) is 12.2 Å². The van der Waals surface area contributed by atoms with Crippen LogP contribution in [-0.2, 0) is 11.3 Å². The lowest BCUT2D eigenvalue weighted by Crippen LogP contribution is -2.40. The first kappa shape index (κ1) is 12.5. The highest BCUT2D eigenvalue weighted by atomic mass is 19.3. The van der Waals surface area contributed by atoms with Crippen molar-refractivity contribution in [2.45, 2.75) is 32.9 Å². The SMILES string of the molecule is CC(C)N(Cc1ccccn1)C(=O)C(F)F. The Hall–Kier alpha value is -1.52. The van der Waals surface area contributed by atoms with Gasteiger partial charge < -0.3 is 4.90 Å². The van der Waals surface area contributed by atoms with Crippen LogP contribution in [0.5, 0.6) is 0 Å². The molecule has 0 unspecified atom stereocenters. The molecule has 0 aliphatic heterocycles. The first-order valence-electron chi connectivity index (χ1n) is 5.01. The lowest BCUT2D eigenvalue weighted by atomic mass is 10.2. The number of rotatable bonds is 4. The van der Waals surface area contributed by atoms with Gasteiger partial charge in [-0.25, -0.2) is 0 Å². The Balaban J connectivity index is 2.77. The molecule has 88 valence electrons. The van der Waals surface area contributed by atoms with E-state index in [1.807, 2.05) is 0 Å². The predicted molar refractivity (Wildman–Crippen MR) is 55.9 cm³/mol. The largest absolute Gasteiger partial charge is 0.329 e. The zero-order chi connectivity index (χ0) is 12.1. The van der Waals surface area contributed by atoms with E-state index in [2.05, 4.69) is 4.98 Å². The van der Waals surface area contributed by atoms with Crippen LogP contribution >= 0.6 is 0 Å². The second-order valence-electron chi connectivity index (χ2n) is 3.68. The molecule has 16 heavy (non-hydrogen) atoms. The van der Waals surface area contributed by atoms with Crippen molar-refractivity contribution >= 4 is 5.91 Å². The predicted octanol–water partition coefficient (Wildman–Crippen LogP) is 2.08. The molecule has 3 nitrogen and oxygen atoms in total. The van der Waals surface area contributed by atoms with Gasteiger partial charge in [-0.3, -0.25) is 9.78 Å². The van der Waals surface area contributed by atoms with E-state index in [0.29, 0.717) is 5.69 Å². The van der Waals surface area contributed by atoms with E-state index >= 15 is 0 Å². The van der Waals surface area contributed by atoms with Gasteiger partial charge in [0.1, 0.15) is 0 Å². The molecule has 1 aromatic heterocycles. The van der Waals surface area contributed by atoms with Crippen LogP contribution in [0.4, 0.5) is 8.78 Å². The quantitative estimate of drug-likeness (QED) is 0.790. The van der Waals surface area contributed by atoms with E-state index in [0.717, 1.165) is 4.90 Å². The number of aromatic nitrogens is 1. The first-order valence-corrected chi connectivity index (χ1v) is 5.01. The average molecular weight is 228 g/mol. The third-order valence-corrected chi connectivity index (χ3v) is 2.15. The van der Waals surface area contributed by atoms with Crippen molar-refractivity contribution in [2.75, 3.05) is 0 Å². The normalized spacial score (nSPS) is 10.9. The second-order valence-corrected chi connectivity index (χ2v) is 3.68. The molecule has 0 fully saturated rings. The molecule has 0 radical (unpaired) electrons. The summed E-state index contributed by atoms with van der Waals surface area (Å²) in [4.78, 5) is 16.4. The number of alkyl halides is 2. The summed E-state index contributed by atoms with van der Waals surface area (Å²) in [5.41, 5.74) is 0.602. The van der Waals surface area contributed by atoms with Gasteiger partial charge in [-0.15, -0.1) is 0 Å². The van der Waals surface area contributed by atoms with Crippen LogP contribution in [0.3, 0.4) is 0 Å². The molecule has 1 aromatic rings. The summed E-state index contributed by atoms with van der Waals surface area (Å²) in [6.07, 6.45) is -1.40. The Kier molecular flexibility index (Phi) is 4.34. The van der Waals surface area contributed by atoms with Crippen molar-refractivity contribution in [3.8, 4) is 0 Å². The third kappa shape index (κ3) is 3.25. The molecule has 5 heteroatoms. The van der Waals surface area contributed by atoms with Crippen molar-refractivity contribution in [2.24, 2.45) is 0 Å². The van der Waals surface area contributed by atoms with E-state index in [1.165, 1.54) is 0 Å². The van der Waals surface area contributed by atoms with Gasteiger partial charge in [-0.2, -0.15) is 8.78 Å². The van der Waals surface area contributed by atoms with E-state index in [1.54, 1.807) is 38.2 Å². The van der Waals surface area contributed by atoms with Gasteiger partial charge in [0, 0.05) is 12.2 Å². The highest BCUT2D eigenvalue weighted by molar-refractivity contribution is 5.79. The Morgan fingerprint density at radius 3 is 2.56 bits per heavy atom. The van der Waals surface area contributed by atoms with E-state index < -0.39 is 12.3 Å². The van der Waals surface area contributed by atoms with Crippen molar-refractivity contribution in [1.29, 1.82) is 0 Å². The van der Waals surface area contributed by atoms with Gasteiger partial charge in [-0.1, -0.05) is 6.07 Å². The van der Waals surface area contributed by atoms with Crippen LogP contribution in [-0.4, -0.2) is 28.3 Å². The summed E-state index contributed by atoms with van der Waals surface area (Å²) in [7, 11) is 0. The highest BCUT2D eigenvalue weighted by Crippen LogP contribution is 2.10. The lowest BCUT2D eigenvalue weighted by molar-refractivity contribution is -0.145. The number of pyridine rings is 1. The fraction of sp³-hybridized carbons (Fsp3) is 0.455. The first-order chi connectivity index (χ1) is 7.52. The van der Waals surface area contributed by atoms with Crippen LogP contribution < -0.4 is 0 Å². The number of carbonyl (C=O) groups is 1.